The van der Waals surface area contributed by atoms with E-state index in [2.05, 4.69) is 0 Å². The predicted molar refractivity (Wildman–Crippen MR) is 70.8 cm³/mol. The maximum absolute atomic E-state index is 11.3. The summed E-state index contributed by atoms with van der Waals surface area (Å²) in [6.45, 7) is 2.05. The van der Waals surface area contributed by atoms with Crippen molar-refractivity contribution in [1.82, 2.24) is 0 Å². The number of hydrogen-bond acceptors (Lipinski definition) is 5. The van der Waals surface area contributed by atoms with Crippen LogP contribution in [-0.4, -0.2) is 34.1 Å². The Bertz CT molecular complexity index is 587. The van der Waals surface area contributed by atoms with Crippen LogP contribution >= 0.6 is 0 Å². The molecular weight excluding hydrogens is 254 g/mol. The molecule has 0 aliphatic carbocycles. The Labute approximate surface area is 112 Å². The average molecular weight is 276 g/mol. The van der Waals surface area contributed by atoms with Crippen LogP contribution in [0.3, 0.4) is 0 Å². The van der Waals surface area contributed by atoms with Crippen LogP contribution in [0, 0.1) is 0 Å². The van der Waals surface area contributed by atoms with Crippen LogP contribution in [0.2, 0.25) is 0 Å². The first-order valence-electron chi connectivity index (χ1n) is 6.91. The molecule has 0 bridgehead atoms. The summed E-state index contributed by atoms with van der Waals surface area (Å²) in [7, 11) is -5.82. The molecule has 0 radical (unpaired) electrons. The number of rotatable bonds is 6. The lowest BCUT2D eigenvalue weighted by Gasteiger charge is -2.15. The molecule has 0 heterocycles. The topological polar surface area (TPSA) is 78.6 Å². The molecule has 0 amide bonds. The molecule has 2 N–H and O–H groups in total. The number of hydrogen-bond donors (Lipinski definition) is 1. The summed E-state index contributed by atoms with van der Waals surface area (Å²) in [4.78, 5) is 0. The minimum absolute atomic E-state index is 0.0622. The molecule has 18 heavy (non-hydrogen) atoms. The first-order valence-corrected chi connectivity index (χ1v) is 7.47. The first kappa shape index (κ1) is 10.6. The van der Waals surface area contributed by atoms with E-state index < -0.39 is 22.9 Å². The Kier molecular flexibility index (Phi) is 3.58. The predicted octanol–water partition coefficient (Wildman–Crippen LogP) is 1.14. The Morgan fingerprint density at radius 3 is 2.72 bits per heavy atom. The summed E-state index contributed by atoms with van der Waals surface area (Å²) in [6.07, 6.45) is 1.10. The normalized spacial score (nSPS) is 16.3. The summed E-state index contributed by atoms with van der Waals surface area (Å²) in [5.41, 5.74) is 6.37. The van der Waals surface area contributed by atoms with Gasteiger partial charge in [-0.25, -0.2) is 8.42 Å². The number of benzene rings is 1. The fourth-order valence-electron chi connectivity index (χ4n) is 1.53. The molecule has 0 aliphatic rings. The van der Waals surface area contributed by atoms with Crippen molar-refractivity contribution in [2.45, 2.75) is 13.0 Å². The third-order valence-corrected chi connectivity index (χ3v) is 3.25. The highest BCUT2D eigenvalue weighted by Crippen LogP contribution is 2.30. The second kappa shape index (κ2) is 6.06. The van der Waals surface area contributed by atoms with E-state index in [9.17, 15) is 8.42 Å². The number of sulfone groups is 1. The smallest absolute Gasteiger partial charge is 0.161 e. The van der Waals surface area contributed by atoms with Crippen molar-refractivity contribution in [2.75, 3.05) is 25.7 Å². The summed E-state index contributed by atoms with van der Waals surface area (Å²) in [5, 5.41) is 0. The van der Waals surface area contributed by atoms with E-state index in [1.807, 2.05) is 0 Å². The minimum Gasteiger partial charge on any atom is -0.493 e. The number of ether oxygens (including phenoxy) is 2. The Hall–Kier alpha value is -1.27. The quantitative estimate of drug-likeness (QED) is 0.843. The van der Waals surface area contributed by atoms with Crippen molar-refractivity contribution in [3.05, 3.63) is 23.8 Å². The molecule has 0 saturated carbocycles. The lowest BCUT2D eigenvalue weighted by molar-refractivity contribution is 0.310. The third kappa shape index (κ3) is 4.19. The van der Waals surface area contributed by atoms with Crippen LogP contribution in [-0.2, 0) is 9.84 Å². The molecule has 5 nitrogen and oxygen atoms in total. The zero-order chi connectivity index (χ0) is 16.3. The molecule has 1 rings (SSSR count). The van der Waals surface area contributed by atoms with Crippen molar-refractivity contribution in [3.63, 3.8) is 0 Å². The Morgan fingerprint density at radius 1 is 1.44 bits per heavy atom. The molecule has 0 fully saturated rings. The highest BCUT2D eigenvalue weighted by atomic mass is 32.2. The first-order chi connectivity index (χ1) is 9.52. The van der Waals surface area contributed by atoms with Crippen molar-refractivity contribution in [2.24, 2.45) is 5.73 Å². The van der Waals surface area contributed by atoms with E-state index in [1.54, 1.807) is 6.92 Å². The zero-order valence-corrected chi connectivity index (χ0v) is 11.2. The molecule has 1 aromatic rings. The second-order valence-corrected chi connectivity index (χ2v) is 6.12. The second-order valence-electron chi connectivity index (χ2n) is 3.94. The Balaban J connectivity index is 3.07. The third-order valence-electron chi connectivity index (χ3n) is 2.29. The molecule has 102 valence electrons. The van der Waals surface area contributed by atoms with Gasteiger partial charge in [0, 0.05) is 12.3 Å². The van der Waals surface area contributed by atoms with Gasteiger partial charge < -0.3 is 15.2 Å². The van der Waals surface area contributed by atoms with Gasteiger partial charge in [0.05, 0.1) is 23.5 Å². The molecular formula is C12H19NO4S. The lowest BCUT2D eigenvalue weighted by Crippen LogP contribution is -2.20. The highest BCUT2D eigenvalue weighted by Gasteiger charge is 2.15. The van der Waals surface area contributed by atoms with Gasteiger partial charge in [-0.05, 0) is 24.6 Å². The van der Waals surface area contributed by atoms with E-state index in [-0.39, 0.29) is 17.3 Å². The van der Waals surface area contributed by atoms with Crippen molar-refractivity contribution >= 4 is 9.84 Å². The molecule has 0 spiro atoms. The zero-order valence-electron chi connectivity index (χ0n) is 13.3. The van der Waals surface area contributed by atoms with E-state index in [0.717, 1.165) is 6.26 Å². The fourth-order valence-corrected chi connectivity index (χ4v) is 2.38. The molecule has 0 aromatic heterocycles. The van der Waals surface area contributed by atoms with Crippen LogP contribution in [0.25, 0.3) is 0 Å². The SMILES string of the molecule is [2H]C([2H])([2H])Oc1ccc([C@H](N)CS(C)(=O)=O)cc1OCC. The monoisotopic (exact) mass is 276 g/mol. The standard InChI is InChI=1S/C12H19NO4S/c1-4-17-12-7-9(5-6-11(12)16-2)10(13)8-18(3,14)15/h5-7,10H,4,8,13H2,1-3H3/t10-/m1/s1/i2D3. The van der Waals surface area contributed by atoms with Gasteiger partial charge in [0.25, 0.3) is 0 Å². The lowest BCUT2D eigenvalue weighted by atomic mass is 10.1. The summed E-state index contributed by atoms with van der Waals surface area (Å²) in [5.74, 6) is 0.0696. The maximum Gasteiger partial charge on any atom is 0.161 e. The number of nitrogens with two attached hydrogens (primary N) is 1. The van der Waals surface area contributed by atoms with E-state index in [1.165, 1.54) is 18.2 Å². The maximum atomic E-state index is 11.3. The molecule has 0 aliphatic heterocycles. The molecule has 0 unspecified atom stereocenters. The van der Waals surface area contributed by atoms with Gasteiger partial charge in [-0.15, -0.1) is 0 Å². The van der Waals surface area contributed by atoms with Gasteiger partial charge in [-0.3, -0.25) is 0 Å². The van der Waals surface area contributed by atoms with E-state index >= 15 is 0 Å². The van der Waals surface area contributed by atoms with Crippen molar-refractivity contribution in [1.29, 1.82) is 0 Å². The van der Waals surface area contributed by atoms with Gasteiger partial charge in [0.15, 0.2) is 11.5 Å². The Morgan fingerprint density at radius 2 is 2.17 bits per heavy atom. The molecule has 1 atom stereocenters. The van der Waals surface area contributed by atoms with E-state index in [4.69, 9.17) is 19.3 Å². The van der Waals surface area contributed by atoms with Gasteiger partial charge in [-0.1, -0.05) is 6.07 Å². The van der Waals surface area contributed by atoms with Gasteiger partial charge in [0.1, 0.15) is 9.84 Å². The fraction of sp³-hybridized carbons (Fsp3) is 0.500. The van der Waals surface area contributed by atoms with Crippen molar-refractivity contribution < 1.29 is 22.0 Å². The highest BCUT2D eigenvalue weighted by molar-refractivity contribution is 7.90. The van der Waals surface area contributed by atoms with Gasteiger partial charge >= 0.3 is 0 Å². The largest absolute Gasteiger partial charge is 0.493 e. The van der Waals surface area contributed by atoms with Gasteiger partial charge in [-0.2, -0.15) is 0 Å². The summed E-state index contributed by atoms with van der Waals surface area (Å²) in [6, 6.07) is 3.72. The van der Waals surface area contributed by atoms with Crippen LogP contribution < -0.4 is 15.2 Å². The summed E-state index contributed by atoms with van der Waals surface area (Å²) >= 11 is 0. The van der Waals surface area contributed by atoms with Gasteiger partial charge in [0.2, 0.25) is 0 Å². The van der Waals surface area contributed by atoms with Crippen LogP contribution in [0.15, 0.2) is 18.2 Å². The summed E-state index contributed by atoms with van der Waals surface area (Å²) < 4.78 is 54.0. The average Bonchev–Trinajstić information content (AvgIpc) is 2.27. The molecule has 6 heteroatoms. The van der Waals surface area contributed by atoms with Crippen molar-refractivity contribution in [3.8, 4) is 11.5 Å². The van der Waals surface area contributed by atoms with E-state index in [0.29, 0.717) is 12.2 Å². The van der Waals surface area contributed by atoms with Crippen LogP contribution in [0.4, 0.5) is 0 Å². The minimum atomic E-state index is -3.22. The molecule has 0 saturated heterocycles. The van der Waals surface area contributed by atoms with Crippen LogP contribution in [0.1, 0.15) is 22.6 Å². The molecule has 1 aromatic carbocycles. The number of methoxy groups -OCH3 is 1. The van der Waals surface area contributed by atoms with Crippen LogP contribution in [0.5, 0.6) is 11.5 Å².